The predicted octanol–water partition coefficient (Wildman–Crippen LogP) is 0.712. The molecule has 0 unspecified atom stereocenters. The van der Waals surface area contributed by atoms with Gasteiger partial charge in [-0.15, -0.1) is 0 Å². The molecular formula is C13H19N3O2. The quantitative estimate of drug-likeness (QED) is 0.730. The van der Waals surface area contributed by atoms with Gasteiger partial charge in [0.2, 0.25) is 5.91 Å². The zero-order chi connectivity index (χ0) is 13.0. The topological polar surface area (TPSA) is 67.2 Å². The third kappa shape index (κ3) is 3.20. The Morgan fingerprint density at radius 2 is 2.44 bits per heavy atom. The van der Waals surface area contributed by atoms with Crippen LogP contribution in [-0.2, 0) is 11.8 Å². The van der Waals surface area contributed by atoms with Crippen molar-refractivity contribution in [1.29, 1.82) is 0 Å². The van der Waals surface area contributed by atoms with Crippen LogP contribution in [0.5, 0.6) is 0 Å². The number of rotatable bonds is 6. The summed E-state index contributed by atoms with van der Waals surface area (Å²) in [6.45, 7) is 0.850. The van der Waals surface area contributed by atoms with Crippen LogP contribution in [0.1, 0.15) is 25.0 Å². The number of hydrogen-bond acceptors (Lipinski definition) is 3. The summed E-state index contributed by atoms with van der Waals surface area (Å²) < 4.78 is 1.71. The molecule has 1 heterocycles. The van der Waals surface area contributed by atoms with E-state index in [1.54, 1.807) is 17.0 Å². The number of aliphatic hydroxyl groups excluding tert-OH is 1. The van der Waals surface area contributed by atoms with E-state index in [-0.39, 0.29) is 17.9 Å². The van der Waals surface area contributed by atoms with E-state index in [1.165, 1.54) is 6.08 Å². The standard InChI is InChI=1S/C13H19N3O2/c1-16-11(4-8-15-16)2-3-12(18)14-10-13(5-6-13)7-9-17/h2-4,8,17H,5-7,9-10H2,1H3,(H,14,18)/b3-2+. The van der Waals surface area contributed by atoms with Crippen LogP contribution in [0.4, 0.5) is 0 Å². The van der Waals surface area contributed by atoms with Crippen molar-refractivity contribution in [2.75, 3.05) is 13.2 Å². The van der Waals surface area contributed by atoms with E-state index >= 15 is 0 Å². The van der Waals surface area contributed by atoms with Gasteiger partial charge in [0, 0.05) is 32.5 Å². The molecule has 1 aliphatic carbocycles. The molecule has 1 aromatic heterocycles. The molecule has 1 fully saturated rings. The molecule has 0 saturated heterocycles. The van der Waals surface area contributed by atoms with E-state index < -0.39 is 0 Å². The molecular weight excluding hydrogens is 230 g/mol. The van der Waals surface area contributed by atoms with Crippen LogP contribution < -0.4 is 5.32 Å². The molecule has 5 nitrogen and oxygen atoms in total. The van der Waals surface area contributed by atoms with Gasteiger partial charge >= 0.3 is 0 Å². The summed E-state index contributed by atoms with van der Waals surface area (Å²) in [7, 11) is 1.83. The van der Waals surface area contributed by atoms with Crippen LogP contribution in [0.25, 0.3) is 6.08 Å². The molecule has 2 rings (SSSR count). The largest absolute Gasteiger partial charge is 0.396 e. The Balaban J connectivity index is 1.79. The Morgan fingerprint density at radius 3 is 3.00 bits per heavy atom. The zero-order valence-electron chi connectivity index (χ0n) is 10.6. The fraction of sp³-hybridized carbons (Fsp3) is 0.538. The number of aromatic nitrogens is 2. The van der Waals surface area contributed by atoms with Crippen molar-refractivity contribution in [2.24, 2.45) is 12.5 Å². The molecule has 2 N–H and O–H groups in total. The first kappa shape index (κ1) is 12.8. The number of carbonyl (C=O) groups excluding carboxylic acids is 1. The molecule has 0 aliphatic heterocycles. The van der Waals surface area contributed by atoms with Crippen LogP contribution in [0, 0.1) is 5.41 Å². The van der Waals surface area contributed by atoms with Gasteiger partial charge in [0.05, 0.1) is 5.69 Å². The van der Waals surface area contributed by atoms with Crippen molar-refractivity contribution < 1.29 is 9.90 Å². The number of amides is 1. The van der Waals surface area contributed by atoms with Gasteiger partial charge in [-0.1, -0.05) is 0 Å². The zero-order valence-corrected chi connectivity index (χ0v) is 10.6. The van der Waals surface area contributed by atoms with Gasteiger partial charge < -0.3 is 10.4 Å². The highest BCUT2D eigenvalue weighted by atomic mass is 16.3. The first-order chi connectivity index (χ1) is 8.65. The highest BCUT2D eigenvalue weighted by Crippen LogP contribution is 2.47. The van der Waals surface area contributed by atoms with Crippen LogP contribution in [0.2, 0.25) is 0 Å². The normalized spacial score (nSPS) is 17.0. The van der Waals surface area contributed by atoms with E-state index in [9.17, 15) is 4.79 Å². The van der Waals surface area contributed by atoms with Gasteiger partial charge in [-0.25, -0.2) is 0 Å². The SMILES string of the molecule is Cn1nccc1/C=C/C(=O)NCC1(CCO)CC1. The number of nitrogens with zero attached hydrogens (tertiary/aromatic N) is 2. The lowest BCUT2D eigenvalue weighted by Crippen LogP contribution is -2.29. The molecule has 0 bridgehead atoms. The van der Waals surface area contributed by atoms with Gasteiger partial charge in [0.25, 0.3) is 0 Å². The fourth-order valence-corrected chi connectivity index (χ4v) is 1.97. The maximum Gasteiger partial charge on any atom is 0.244 e. The van der Waals surface area contributed by atoms with Crippen molar-refractivity contribution in [1.82, 2.24) is 15.1 Å². The summed E-state index contributed by atoms with van der Waals surface area (Å²) in [4.78, 5) is 11.6. The second-order valence-electron chi connectivity index (χ2n) is 4.90. The van der Waals surface area contributed by atoms with E-state index in [0.29, 0.717) is 6.54 Å². The lowest BCUT2D eigenvalue weighted by Gasteiger charge is -2.13. The van der Waals surface area contributed by atoms with Crippen molar-refractivity contribution in [3.05, 3.63) is 24.0 Å². The highest BCUT2D eigenvalue weighted by molar-refractivity contribution is 5.91. The van der Waals surface area contributed by atoms with E-state index in [2.05, 4.69) is 10.4 Å². The molecule has 1 aliphatic rings. The van der Waals surface area contributed by atoms with Gasteiger partial charge in [0.15, 0.2) is 0 Å². The molecule has 1 amide bonds. The third-order valence-electron chi connectivity index (χ3n) is 3.50. The summed E-state index contributed by atoms with van der Waals surface area (Å²) >= 11 is 0. The average molecular weight is 249 g/mol. The number of hydrogen-bond donors (Lipinski definition) is 2. The summed E-state index contributed by atoms with van der Waals surface area (Å²) in [5.74, 6) is -0.0968. The van der Waals surface area contributed by atoms with Crippen LogP contribution in [0.3, 0.4) is 0 Å². The molecule has 0 spiro atoms. The minimum Gasteiger partial charge on any atom is -0.396 e. The van der Waals surface area contributed by atoms with E-state index in [1.807, 2.05) is 13.1 Å². The molecule has 5 heteroatoms. The Bertz CT molecular complexity index is 447. The molecule has 0 aromatic carbocycles. The second-order valence-corrected chi connectivity index (χ2v) is 4.90. The maximum absolute atomic E-state index is 11.6. The minimum atomic E-state index is -0.0968. The monoisotopic (exact) mass is 249 g/mol. The van der Waals surface area contributed by atoms with Crippen LogP contribution in [0.15, 0.2) is 18.3 Å². The smallest absolute Gasteiger partial charge is 0.244 e. The first-order valence-corrected chi connectivity index (χ1v) is 6.20. The fourth-order valence-electron chi connectivity index (χ4n) is 1.97. The maximum atomic E-state index is 11.6. The minimum absolute atomic E-state index is 0.0968. The number of aryl methyl sites for hydroxylation is 1. The Morgan fingerprint density at radius 1 is 1.67 bits per heavy atom. The van der Waals surface area contributed by atoms with Crippen molar-refractivity contribution in [3.63, 3.8) is 0 Å². The summed E-state index contributed by atoms with van der Waals surface area (Å²) in [5, 5.41) is 15.8. The highest BCUT2D eigenvalue weighted by Gasteiger charge is 2.41. The Labute approximate surface area is 106 Å². The van der Waals surface area contributed by atoms with Gasteiger partial charge in [-0.2, -0.15) is 5.10 Å². The summed E-state index contributed by atoms with van der Waals surface area (Å²) in [6, 6.07) is 1.85. The van der Waals surface area contributed by atoms with E-state index in [0.717, 1.165) is 25.0 Å². The number of nitrogens with one attached hydrogen (secondary N) is 1. The van der Waals surface area contributed by atoms with Gasteiger partial charge in [-0.3, -0.25) is 9.48 Å². The van der Waals surface area contributed by atoms with Crippen LogP contribution >= 0.6 is 0 Å². The van der Waals surface area contributed by atoms with Gasteiger partial charge in [0.1, 0.15) is 0 Å². The molecule has 0 atom stereocenters. The molecule has 0 radical (unpaired) electrons. The molecule has 18 heavy (non-hydrogen) atoms. The molecule has 1 saturated carbocycles. The van der Waals surface area contributed by atoms with Crippen molar-refractivity contribution in [3.8, 4) is 0 Å². The third-order valence-corrected chi connectivity index (χ3v) is 3.50. The van der Waals surface area contributed by atoms with Gasteiger partial charge in [-0.05, 0) is 36.8 Å². The Kier molecular flexibility index (Phi) is 3.81. The number of carbonyl (C=O) groups is 1. The van der Waals surface area contributed by atoms with Crippen LogP contribution in [-0.4, -0.2) is 33.9 Å². The molecule has 1 aromatic rings. The lowest BCUT2D eigenvalue weighted by atomic mass is 10.0. The second kappa shape index (κ2) is 5.35. The average Bonchev–Trinajstić information content (AvgIpc) is 3.00. The van der Waals surface area contributed by atoms with Crippen molar-refractivity contribution >= 4 is 12.0 Å². The van der Waals surface area contributed by atoms with Crippen molar-refractivity contribution in [2.45, 2.75) is 19.3 Å². The summed E-state index contributed by atoms with van der Waals surface area (Å²) in [6.07, 6.45) is 7.93. The Hall–Kier alpha value is -1.62. The van der Waals surface area contributed by atoms with E-state index in [4.69, 9.17) is 5.11 Å². The lowest BCUT2D eigenvalue weighted by molar-refractivity contribution is -0.116. The number of aliphatic hydroxyl groups is 1. The first-order valence-electron chi connectivity index (χ1n) is 6.20. The predicted molar refractivity (Wildman–Crippen MR) is 68.6 cm³/mol. The summed E-state index contributed by atoms with van der Waals surface area (Å²) in [5.41, 5.74) is 1.05. The molecule has 98 valence electrons.